The smallest absolute Gasteiger partial charge is 0.267 e. The minimum absolute atomic E-state index is 0.181. The van der Waals surface area contributed by atoms with Crippen LogP contribution in [-0.2, 0) is 4.79 Å². The molecule has 0 atom stereocenters. The van der Waals surface area contributed by atoms with E-state index in [0.29, 0.717) is 22.6 Å². The molecule has 2 rings (SSSR count). The molecule has 3 N–H and O–H groups in total. The molecule has 0 bridgehead atoms. The highest BCUT2D eigenvalue weighted by molar-refractivity contribution is 9.10. The zero-order valence-electron chi connectivity index (χ0n) is 9.86. The van der Waals surface area contributed by atoms with Crippen LogP contribution in [0, 0.1) is 5.92 Å². The van der Waals surface area contributed by atoms with Gasteiger partial charge in [0.15, 0.2) is 0 Å². The lowest BCUT2D eigenvalue weighted by Gasteiger charge is -2.32. The highest BCUT2D eigenvalue weighted by Crippen LogP contribution is 2.26. The lowest BCUT2D eigenvalue weighted by atomic mass is 9.93. The molecule has 0 unspecified atom stereocenters. The highest BCUT2D eigenvalue weighted by Gasteiger charge is 2.23. The molecule has 98 valence electrons. The Morgan fingerprint density at radius 3 is 2.83 bits per heavy atom. The Hall–Kier alpha value is -1.37. The maximum absolute atomic E-state index is 11.5. The first-order valence-electron chi connectivity index (χ1n) is 5.84. The molecular weight excluding hydrogens is 300 g/mol. The number of anilines is 1. The number of hydrogen-bond acceptors (Lipinski definition) is 4. The summed E-state index contributed by atoms with van der Waals surface area (Å²) < 4.78 is 0.457. The molecule has 0 saturated carbocycles. The van der Waals surface area contributed by atoms with Crippen molar-refractivity contribution < 1.29 is 4.79 Å². The fourth-order valence-electron chi connectivity index (χ4n) is 2.23. The van der Waals surface area contributed by atoms with Crippen molar-refractivity contribution in [3.8, 4) is 0 Å². The van der Waals surface area contributed by atoms with E-state index in [1.807, 2.05) is 0 Å². The second-order valence-corrected chi connectivity index (χ2v) is 5.26. The van der Waals surface area contributed by atoms with Crippen molar-refractivity contribution in [2.45, 2.75) is 19.3 Å². The summed E-state index contributed by atoms with van der Waals surface area (Å²) in [4.78, 5) is 31.1. The van der Waals surface area contributed by atoms with Gasteiger partial charge in [-0.05, 0) is 34.7 Å². The number of carbonyl (C=O) groups is 1. The van der Waals surface area contributed by atoms with Crippen LogP contribution in [0.5, 0.6) is 0 Å². The minimum Gasteiger partial charge on any atom is -0.370 e. The van der Waals surface area contributed by atoms with E-state index >= 15 is 0 Å². The molecule has 0 radical (unpaired) electrons. The molecule has 0 aliphatic carbocycles. The number of aromatic nitrogens is 2. The van der Waals surface area contributed by atoms with Gasteiger partial charge in [-0.2, -0.15) is 0 Å². The van der Waals surface area contributed by atoms with Crippen LogP contribution in [0.1, 0.15) is 19.3 Å². The zero-order chi connectivity index (χ0) is 13.1. The average molecular weight is 315 g/mol. The van der Waals surface area contributed by atoms with Crippen molar-refractivity contribution in [1.82, 2.24) is 9.97 Å². The van der Waals surface area contributed by atoms with Crippen LogP contribution in [-0.4, -0.2) is 29.0 Å². The van der Waals surface area contributed by atoms with E-state index in [1.165, 1.54) is 6.33 Å². The van der Waals surface area contributed by atoms with E-state index in [0.717, 1.165) is 25.9 Å². The summed E-state index contributed by atoms with van der Waals surface area (Å²) in [6.45, 7) is 1.57. The van der Waals surface area contributed by atoms with Crippen molar-refractivity contribution >= 4 is 27.7 Å². The van der Waals surface area contributed by atoms with Crippen molar-refractivity contribution in [2.24, 2.45) is 11.7 Å². The van der Waals surface area contributed by atoms with Gasteiger partial charge in [-0.3, -0.25) is 9.59 Å². The summed E-state index contributed by atoms with van der Waals surface area (Å²) in [5.74, 6) is 0.764. The molecule has 1 saturated heterocycles. The van der Waals surface area contributed by atoms with Crippen LogP contribution in [0.2, 0.25) is 0 Å². The van der Waals surface area contributed by atoms with Crippen LogP contribution in [0.4, 0.5) is 5.82 Å². The van der Waals surface area contributed by atoms with Gasteiger partial charge < -0.3 is 15.6 Å². The first kappa shape index (κ1) is 13.1. The highest BCUT2D eigenvalue weighted by atomic mass is 79.9. The molecule has 1 aromatic heterocycles. The molecule has 1 aliphatic rings. The Kier molecular flexibility index (Phi) is 4.00. The second-order valence-electron chi connectivity index (χ2n) is 4.47. The number of nitrogens with one attached hydrogen (secondary N) is 1. The Morgan fingerprint density at radius 2 is 2.22 bits per heavy atom. The topological polar surface area (TPSA) is 92.1 Å². The summed E-state index contributed by atoms with van der Waals surface area (Å²) in [6.07, 6.45) is 3.63. The first-order chi connectivity index (χ1) is 8.58. The molecule has 1 aromatic rings. The number of hydrogen-bond donors (Lipinski definition) is 2. The van der Waals surface area contributed by atoms with Crippen molar-refractivity contribution in [2.75, 3.05) is 18.0 Å². The van der Waals surface area contributed by atoms with E-state index in [9.17, 15) is 9.59 Å². The van der Waals surface area contributed by atoms with Crippen LogP contribution < -0.4 is 16.2 Å². The molecule has 0 aromatic carbocycles. The number of nitrogens with two attached hydrogens (primary N) is 1. The predicted octanol–water partition coefficient (Wildman–Crippen LogP) is 0.624. The molecule has 1 aliphatic heterocycles. The van der Waals surface area contributed by atoms with Gasteiger partial charge >= 0.3 is 0 Å². The Balaban J connectivity index is 2.03. The molecule has 18 heavy (non-hydrogen) atoms. The summed E-state index contributed by atoms with van der Waals surface area (Å²) in [7, 11) is 0. The number of aromatic amines is 1. The molecule has 6 nitrogen and oxygen atoms in total. The molecule has 0 spiro atoms. The molecular formula is C11H15BrN4O2. The Bertz CT molecular complexity index is 494. The lowest BCUT2D eigenvalue weighted by Crippen LogP contribution is -2.36. The van der Waals surface area contributed by atoms with Crippen molar-refractivity contribution in [1.29, 1.82) is 0 Å². The first-order valence-corrected chi connectivity index (χ1v) is 6.63. The summed E-state index contributed by atoms with van der Waals surface area (Å²) in [5.41, 5.74) is 5.01. The Morgan fingerprint density at radius 1 is 1.56 bits per heavy atom. The number of nitrogens with zero attached hydrogens (tertiary/aromatic N) is 2. The van der Waals surface area contributed by atoms with E-state index < -0.39 is 0 Å². The zero-order valence-corrected chi connectivity index (χ0v) is 11.4. The average Bonchev–Trinajstić information content (AvgIpc) is 2.33. The maximum Gasteiger partial charge on any atom is 0.267 e. The molecule has 7 heteroatoms. The third-order valence-electron chi connectivity index (χ3n) is 3.18. The standard InChI is InChI=1S/C11H15BrN4O2/c12-9-10(14-6-15-11(9)18)16-3-1-7(2-4-16)5-8(13)17/h6-7H,1-5H2,(H2,13,17)(H,14,15,18). The summed E-state index contributed by atoms with van der Waals surface area (Å²) >= 11 is 3.25. The van der Waals surface area contributed by atoms with Crippen LogP contribution in [0.25, 0.3) is 0 Å². The van der Waals surface area contributed by atoms with Crippen molar-refractivity contribution in [3.63, 3.8) is 0 Å². The number of halogens is 1. The molecule has 1 fully saturated rings. The summed E-state index contributed by atoms with van der Waals surface area (Å²) in [5, 5.41) is 0. The normalized spacial score (nSPS) is 16.8. The van der Waals surface area contributed by atoms with Gasteiger partial charge in [0.2, 0.25) is 5.91 Å². The minimum atomic E-state index is -0.246. The van der Waals surface area contributed by atoms with Crippen LogP contribution in [0.15, 0.2) is 15.6 Å². The van der Waals surface area contributed by atoms with Crippen molar-refractivity contribution in [3.05, 3.63) is 21.2 Å². The fourth-order valence-corrected chi connectivity index (χ4v) is 2.70. The van der Waals surface area contributed by atoms with Gasteiger partial charge in [0.05, 0.1) is 6.33 Å². The number of amides is 1. The maximum atomic E-state index is 11.5. The van der Waals surface area contributed by atoms with Gasteiger partial charge in [0.1, 0.15) is 10.3 Å². The van der Waals surface area contributed by atoms with Gasteiger partial charge in [0, 0.05) is 19.5 Å². The number of rotatable bonds is 3. The summed E-state index contributed by atoms with van der Waals surface area (Å²) in [6, 6.07) is 0. The lowest BCUT2D eigenvalue weighted by molar-refractivity contribution is -0.119. The van der Waals surface area contributed by atoms with Gasteiger partial charge in [-0.15, -0.1) is 0 Å². The predicted molar refractivity (Wildman–Crippen MR) is 71.3 cm³/mol. The number of carbonyl (C=O) groups excluding carboxylic acids is 1. The van der Waals surface area contributed by atoms with Crippen LogP contribution >= 0.6 is 15.9 Å². The fraction of sp³-hybridized carbons (Fsp3) is 0.545. The van der Waals surface area contributed by atoms with Gasteiger partial charge in [0.25, 0.3) is 5.56 Å². The van der Waals surface area contributed by atoms with E-state index in [2.05, 4.69) is 30.8 Å². The molecule has 2 heterocycles. The monoisotopic (exact) mass is 314 g/mol. The van der Waals surface area contributed by atoms with Gasteiger partial charge in [-0.1, -0.05) is 0 Å². The number of piperidine rings is 1. The van der Waals surface area contributed by atoms with Gasteiger partial charge in [-0.25, -0.2) is 4.98 Å². The molecule has 1 amide bonds. The number of H-pyrrole nitrogens is 1. The quantitative estimate of drug-likeness (QED) is 0.855. The second kappa shape index (κ2) is 5.51. The number of primary amides is 1. The van der Waals surface area contributed by atoms with Crippen LogP contribution in [0.3, 0.4) is 0 Å². The largest absolute Gasteiger partial charge is 0.370 e. The third kappa shape index (κ3) is 2.90. The SMILES string of the molecule is NC(=O)CC1CCN(c2nc[nH]c(=O)c2Br)CC1. The Labute approximate surface area is 113 Å². The van der Waals surface area contributed by atoms with E-state index in [1.54, 1.807) is 0 Å². The third-order valence-corrected chi connectivity index (χ3v) is 3.90. The van der Waals surface area contributed by atoms with E-state index in [-0.39, 0.29) is 11.5 Å². The van der Waals surface area contributed by atoms with E-state index in [4.69, 9.17) is 5.73 Å².